The Bertz CT molecular complexity index is 471. The van der Waals surface area contributed by atoms with Crippen LogP contribution in [0.15, 0.2) is 30.3 Å². The molecule has 1 saturated carbocycles. The van der Waals surface area contributed by atoms with Gasteiger partial charge in [-0.15, -0.1) is 0 Å². The Morgan fingerprint density at radius 1 is 1.26 bits per heavy atom. The minimum Gasteiger partial charge on any atom is -0.352 e. The number of nitrogens with zero attached hydrogens (tertiary/aromatic N) is 1. The van der Waals surface area contributed by atoms with Crippen molar-refractivity contribution < 1.29 is 4.79 Å². The lowest BCUT2D eigenvalue weighted by atomic mass is 9.82. The predicted molar refractivity (Wildman–Crippen MR) is 74.4 cm³/mol. The molecule has 1 amide bonds. The predicted octanol–water partition coefficient (Wildman–Crippen LogP) is 2.92. The highest BCUT2D eigenvalue weighted by molar-refractivity contribution is 5.91. The highest BCUT2D eigenvalue weighted by Gasteiger charge is 2.36. The summed E-state index contributed by atoms with van der Waals surface area (Å²) in [5, 5.41) is 12.5. The van der Waals surface area contributed by atoms with Gasteiger partial charge in [-0.05, 0) is 25.3 Å². The molecule has 0 bridgehead atoms. The number of nitrogens with one attached hydrogen (secondary N) is 1. The van der Waals surface area contributed by atoms with E-state index < -0.39 is 5.41 Å². The molecule has 1 aromatic rings. The fourth-order valence-electron chi connectivity index (χ4n) is 2.59. The summed E-state index contributed by atoms with van der Waals surface area (Å²) in [7, 11) is 0. The van der Waals surface area contributed by atoms with E-state index in [-0.39, 0.29) is 11.9 Å². The first-order valence-electron chi connectivity index (χ1n) is 6.94. The maximum Gasteiger partial charge on any atom is 0.244 e. The van der Waals surface area contributed by atoms with Crippen molar-refractivity contribution in [2.45, 2.75) is 50.5 Å². The Hall–Kier alpha value is -1.82. The standard InChI is InChI=1S/C16H20N2O/c1-16(12-17,13-8-4-2-5-9-13)15(19)18-14-10-6-3-7-11-14/h2,4-5,8-9,14H,3,6-7,10-11H2,1H3,(H,18,19). The van der Waals surface area contributed by atoms with E-state index in [4.69, 9.17) is 0 Å². The number of amides is 1. The topological polar surface area (TPSA) is 52.9 Å². The molecule has 0 spiro atoms. The van der Waals surface area contributed by atoms with Gasteiger partial charge < -0.3 is 5.32 Å². The third-order valence-corrected chi connectivity index (χ3v) is 3.97. The van der Waals surface area contributed by atoms with E-state index in [2.05, 4.69) is 11.4 Å². The number of nitriles is 1. The molecule has 0 radical (unpaired) electrons. The zero-order chi connectivity index (χ0) is 13.7. The van der Waals surface area contributed by atoms with Crippen LogP contribution in [0.5, 0.6) is 0 Å². The summed E-state index contributed by atoms with van der Waals surface area (Å²) in [5.41, 5.74) is -0.343. The van der Waals surface area contributed by atoms with Gasteiger partial charge in [0.05, 0.1) is 6.07 Å². The third kappa shape index (κ3) is 2.96. The van der Waals surface area contributed by atoms with Gasteiger partial charge in [-0.1, -0.05) is 49.6 Å². The summed E-state index contributed by atoms with van der Waals surface area (Å²) in [4.78, 5) is 12.4. The molecular formula is C16H20N2O. The second-order valence-corrected chi connectivity index (χ2v) is 5.41. The van der Waals surface area contributed by atoms with Gasteiger partial charge in [0.2, 0.25) is 5.91 Å². The highest BCUT2D eigenvalue weighted by atomic mass is 16.2. The van der Waals surface area contributed by atoms with E-state index in [9.17, 15) is 10.1 Å². The van der Waals surface area contributed by atoms with Crippen molar-refractivity contribution in [1.82, 2.24) is 5.32 Å². The van der Waals surface area contributed by atoms with Crippen molar-refractivity contribution in [2.24, 2.45) is 0 Å². The smallest absolute Gasteiger partial charge is 0.244 e. The molecule has 3 heteroatoms. The van der Waals surface area contributed by atoms with Crippen LogP contribution in [0.3, 0.4) is 0 Å². The molecule has 3 nitrogen and oxygen atoms in total. The number of carbonyl (C=O) groups excluding carboxylic acids is 1. The fraction of sp³-hybridized carbons (Fsp3) is 0.500. The Kier molecular flexibility index (Phi) is 4.21. The molecule has 1 fully saturated rings. The lowest BCUT2D eigenvalue weighted by Gasteiger charge is -2.28. The molecule has 1 N–H and O–H groups in total. The second-order valence-electron chi connectivity index (χ2n) is 5.41. The first-order valence-corrected chi connectivity index (χ1v) is 6.94. The first kappa shape index (κ1) is 13.6. The Balaban J connectivity index is 2.12. The van der Waals surface area contributed by atoms with Gasteiger partial charge in [0.15, 0.2) is 5.41 Å². The fourth-order valence-corrected chi connectivity index (χ4v) is 2.59. The largest absolute Gasteiger partial charge is 0.352 e. The summed E-state index contributed by atoms with van der Waals surface area (Å²) in [6.45, 7) is 1.69. The van der Waals surface area contributed by atoms with Crippen LogP contribution in [0.4, 0.5) is 0 Å². The molecule has 19 heavy (non-hydrogen) atoms. The van der Waals surface area contributed by atoms with Gasteiger partial charge >= 0.3 is 0 Å². The first-order chi connectivity index (χ1) is 9.16. The highest BCUT2D eigenvalue weighted by Crippen LogP contribution is 2.25. The van der Waals surface area contributed by atoms with E-state index in [1.807, 2.05) is 30.3 Å². The van der Waals surface area contributed by atoms with Crippen LogP contribution in [0.2, 0.25) is 0 Å². The molecule has 1 atom stereocenters. The molecule has 2 rings (SSSR count). The Morgan fingerprint density at radius 3 is 2.47 bits per heavy atom. The number of hydrogen-bond donors (Lipinski definition) is 1. The molecule has 0 aliphatic heterocycles. The average Bonchev–Trinajstić information content (AvgIpc) is 2.48. The second kappa shape index (κ2) is 5.88. The van der Waals surface area contributed by atoms with Crippen LogP contribution in [0, 0.1) is 11.3 Å². The number of rotatable bonds is 3. The van der Waals surface area contributed by atoms with Crippen LogP contribution in [-0.2, 0) is 10.2 Å². The van der Waals surface area contributed by atoms with E-state index in [1.165, 1.54) is 19.3 Å². The van der Waals surface area contributed by atoms with Crippen molar-refractivity contribution in [1.29, 1.82) is 5.26 Å². The van der Waals surface area contributed by atoms with Gasteiger partial charge in [-0.25, -0.2) is 0 Å². The Morgan fingerprint density at radius 2 is 1.89 bits per heavy atom. The minimum absolute atomic E-state index is 0.173. The normalized spacial score (nSPS) is 19.2. The van der Waals surface area contributed by atoms with Gasteiger partial charge in [0.25, 0.3) is 0 Å². The van der Waals surface area contributed by atoms with E-state index in [0.29, 0.717) is 0 Å². The van der Waals surface area contributed by atoms with Crippen LogP contribution in [0.1, 0.15) is 44.6 Å². The molecule has 1 aliphatic rings. The van der Waals surface area contributed by atoms with Crippen LogP contribution < -0.4 is 5.32 Å². The van der Waals surface area contributed by atoms with Crippen molar-refractivity contribution >= 4 is 5.91 Å². The summed E-state index contributed by atoms with van der Waals surface area (Å²) in [6, 6.07) is 11.7. The Labute approximate surface area is 114 Å². The zero-order valence-electron chi connectivity index (χ0n) is 11.4. The van der Waals surface area contributed by atoms with Crippen LogP contribution in [0.25, 0.3) is 0 Å². The lowest BCUT2D eigenvalue weighted by Crippen LogP contribution is -2.46. The van der Waals surface area contributed by atoms with Crippen molar-refractivity contribution in [3.63, 3.8) is 0 Å². The van der Waals surface area contributed by atoms with Crippen molar-refractivity contribution in [2.75, 3.05) is 0 Å². The molecule has 100 valence electrons. The molecule has 1 unspecified atom stereocenters. The quantitative estimate of drug-likeness (QED) is 0.904. The van der Waals surface area contributed by atoms with Crippen LogP contribution >= 0.6 is 0 Å². The molecular weight excluding hydrogens is 236 g/mol. The molecule has 0 saturated heterocycles. The van der Waals surface area contributed by atoms with Gasteiger partial charge in [-0.3, -0.25) is 4.79 Å². The molecule has 0 aromatic heterocycles. The van der Waals surface area contributed by atoms with E-state index in [1.54, 1.807) is 6.92 Å². The van der Waals surface area contributed by atoms with Crippen LogP contribution in [-0.4, -0.2) is 11.9 Å². The van der Waals surface area contributed by atoms with E-state index >= 15 is 0 Å². The monoisotopic (exact) mass is 256 g/mol. The van der Waals surface area contributed by atoms with Gasteiger partial charge in [0.1, 0.15) is 0 Å². The van der Waals surface area contributed by atoms with Crippen molar-refractivity contribution in [3.8, 4) is 6.07 Å². The SMILES string of the molecule is CC(C#N)(C(=O)NC1CCCCC1)c1ccccc1. The maximum absolute atomic E-state index is 12.4. The lowest BCUT2D eigenvalue weighted by molar-refractivity contribution is -0.125. The number of benzene rings is 1. The summed E-state index contributed by atoms with van der Waals surface area (Å²) in [6.07, 6.45) is 5.64. The molecule has 1 aliphatic carbocycles. The average molecular weight is 256 g/mol. The molecule has 0 heterocycles. The third-order valence-electron chi connectivity index (χ3n) is 3.97. The van der Waals surface area contributed by atoms with E-state index in [0.717, 1.165) is 18.4 Å². The summed E-state index contributed by atoms with van der Waals surface area (Å²) in [5.74, 6) is -0.173. The molecule has 1 aromatic carbocycles. The number of hydrogen-bond acceptors (Lipinski definition) is 2. The summed E-state index contributed by atoms with van der Waals surface area (Å²) < 4.78 is 0. The van der Waals surface area contributed by atoms with Crippen molar-refractivity contribution in [3.05, 3.63) is 35.9 Å². The van der Waals surface area contributed by atoms with Gasteiger partial charge in [0, 0.05) is 6.04 Å². The summed E-state index contributed by atoms with van der Waals surface area (Å²) >= 11 is 0. The van der Waals surface area contributed by atoms with Gasteiger partial charge in [-0.2, -0.15) is 5.26 Å². The minimum atomic E-state index is -1.10. The maximum atomic E-state index is 12.4. The number of carbonyl (C=O) groups is 1. The zero-order valence-corrected chi connectivity index (χ0v) is 11.4.